The van der Waals surface area contributed by atoms with Crippen molar-refractivity contribution in [2.75, 3.05) is 27.2 Å². The van der Waals surface area contributed by atoms with E-state index in [0.29, 0.717) is 28.2 Å². The molecule has 1 aliphatic heterocycles. The number of nitrogens with two attached hydrogens (primary N) is 1. The zero-order valence-electron chi connectivity index (χ0n) is 11.5. The van der Waals surface area contributed by atoms with Gasteiger partial charge in [-0.1, -0.05) is 6.07 Å². The van der Waals surface area contributed by atoms with Crippen molar-refractivity contribution in [1.29, 1.82) is 0 Å². The maximum atomic E-state index is 14.6. The molecule has 2 atom stereocenters. The van der Waals surface area contributed by atoms with E-state index in [1.165, 1.54) is 7.11 Å². The standard InChI is InChI=1S/C14H20BrFN2O/c1-8-4-10(13(16)14(19-3)12(8)15)11-5-9(6-17)7-18(11)2/h4,9,11H,5-7,17H2,1-3H3. The minimum Gasteiger partial charge on any atom is -0.492 e. The number of aryl methyl sites for hydroxylation is 1. The van der Waals surface area contributed by atoms with Crippen molar-refractivity contribution >= 4 is 15.9 Å². The fraction of sp³-hybridized carbons (Fsp3) is 0.571. The first kappa shape index (κ1) is 14.8. The average molecular weight is 331 g/mol. The Hall–Kier alpha value is -0.650. The van der Waals surface area contributed by atoms with Crippen molar-refractivity contribution < 1.29 is 9.13 Å². The number of likely N-dealkylation sites (tertiary alicyclic amines) is 1. The Morgan fingerprint density at radius 2 is 2.26 bits per heavy atom. The van der Waals surface area contributed by atoms with E-state index >= 15 is 0 Å². The summed E-state index contributed by atoms with van der Waals surface area (Å²) in [5, 5.41) is 0. The second-order valence-electron chi connectivity index (χ2n) is 5.24. The summed E-state index contributed by atoms with van der Waals surface area (Å²) < 4.78 is 20.4. The molecule has 2 N–H and O–H groups in total. The Bertz CT molecular complexity index is 481. The van der Waals surface area contributed by atoms with Gasteiger partial charge in [-0.15, -0.1) is 0 Å². The molecule has 1 aliphatic rings. The van der Waals surface area contributed by atoms with Crippen LogP contribution < -0.4 is 10.5 Å². The zero-order chi connectivity index (χ0) is 14.2. The summed E-state index contributed by atoms with van der Waals surface area (Å²) in [6.45, 7) is 3.51. The number of ether oxygens (including phenoxy) is 1. The van der Waals surface area contributed by atoms with Crippen molar-refractivity contribution in [3.63, 3.8) is 0 Å². The fourth-order valence-corrected chi connectivity index (χ4v) is 3.28. The minimum atomic E-state index is -0.269. The van der Waals surface area contributed by atoms with Gasteiger partial charge in [0, 0.05) is 18.2 Å². The molecule has 1 aromatic rings. The normalized spacial score (nSPS) is 23.9. The summed E-state index contributed by atoms with van der Waals surface area (Å²) in [6, 6.07) is 1.98. The number of rotatable bonds is 3. The summed E-state index contributed by atoms with van der Waals surface area (Å²) in [5.74, 6) is 0.457. The lowest BCUT2D eigenvalue weighted by atomic mass is 9.97. The molecule has 0 bridgehead atoms. The van der Waals surface area contributed by atoms with Crippen molar-refractivity contribution in [3.05, 3.63) is 27.5 Å². The highest BCUT2D eigenvalue weighted by atomic mass is 79.9. The van der Waals surface area contributed by atoms with Crippen LogP contribution in [0.2, 0.25) is 0 Å². The second-order valence-corrected chi connectivity index (χ2v) is 6.03. The smallest absolute Gasteiger partial charge is 0.171 e. The molecule has 19 heavy (non-hydrogen) atoms. The predicted molar refractivity (Wildman–Crippen MR) is 77.9 cm³/mol. The lowest BCUT2D eigenvalue weighted by Gasteiger charge is -2.22. The highest BCUT2D eigenvalue weighted by Crippen LogP contribution is 2.41. The Morgan fingerprint density at radius 1 is 1.58 bits per heavy atom. The van der Waals surface area contributed by atoms with E-state index in [-0.39, 0.29) is 11.9 Å². The Balaban J connectivity index is 2.43. The molecule has 3 nitrogen and oxygen atoms in total. The van der Waals surface area contributed by atoms with E-state index in [2.05, 4.69) is 20.8 Å². The number of halogens is 2. The summed E-state index contributed by atoms with van der Waals surface area (Å²) in [6.07, 6.45) is 0.897. The summed E-state index contributed by atoms with van der Waals surface area (Å²) in [7, 11) is 3.51. The van der Waals surface area contributed by atoms with Crippen LogP contribution in [0.3, 0.4) is 0 Å². The number of hydrogen-bond donors (Lipinski definition) is 1. The van der Waals surface area contributed by atoms with Crippen LogP contribution in [0.4, 0.5) is 4.39 Å². The SMILES string of the molecule is COc1c(F)c(C2CC(CN)CN2C)cc(C)c1Br. The predicted octanol–water partition coefficient (Wildman–Crippen LogP) is 2.86. The van der Waals surface area contributed by atoms with E-state index < -0.39 is 0 Å². The summed E-state index contributed by atoms with van der Waals surface area (Å²) in [4.78, 5) is 2.17. The van der Waals surface area contributed by atoms with Crippen LogP contribution in [-0.2, 0) is 0 Å². The Morgan fingerprint density at radius 3 is 2.79 bits per heavy atom. The molecule has 2 rings (SSSR count). The van der Waals surface area contributed by atoms with Gasteiger partial charge in [0.2, 0.25) is 0 Å². The van der Waals surface area contributed by atoms with Crippen LogP contribution in [0.15, 0.2) is 10.5 Å². The number of methoxy groups -OCH3 is 1. The number of nitrogens with zero attached hydrogens (tertiary/aromatic N) is 1. The van der Waals surface area contributed by atoms with Gasteiger partial charge in [-0.25, -0.2) is 4.39 Å². The average Bonchev–Trinajstić information content (AvgIpc) is 2.76. The molecule has 0 radical (unpaired) electrons. The van der Waals surface area contributed by atoms with Crippen LogP contribution in [-0.4, -0.2) is 32.1 Å². The largest absolute Gasteiger partial charge is 0.492 e. The maximum absolute atomic E-state index is 14.6. The molecule has 0 aromatic heterocycles. The van der Waals surface area contributed by atoms with Crippen LogP contribution in [0.1, 0.15) is 23.6 Å². The van der Waals surface area contributed by atoms with Crippen LogP contribution in [0.25, 0.3) is 0 Å². The third-order valence-electron chi connectivity index (χ3n) is 3.90. The van der Waals surface area contributed by atoms with Crippen LogP contribution in [0, 0.1) is 18.7 Å². The molecule has 0 aliphatic carbocycles. The Labute approximate surface area is 122 Å². The minimum absolute atomic E-state index is 0.0780. The first-order chi connectivity index (χ1) is 8.99. The number of hydrogen-bond acceptors (Lipinski definition) is 3. The van der Waals surface area contributed by atoms with E-state index in [9.17, 15) is 4.39 Å². The maximum Gasteiger partial charge on any atom is 0.171 e. The molecular weight excluding hydrogens is 311 g/mol. The van der Waals surface area contributed by atoms with Gasteiger partial charge in [0.25, 0.3) is 0 Å². The van der Waals surface area contributed by atoms with Crippen molar-refractivity contribution in [1.82, 2.24) is 4.90 Å². The van der Waals surface area contributed by atoms with E-state index in [4.69, 9.17) is 10.5 Å². The summed E-state index contributed by atoms with van der Waals surface area (Å²) in [5.41, 5.74) is 7.42. The molecule has 0 spiro atoms. The fourth-order valence-electron chi connectivity index (χ4n) is 2.83. The van der Waals surface area contributed by atoms with Gasteiger partial charge >= 0.3 is 0 Å². The quantitative estimate of drug-likeness (QED) is 0.926. The molecule has 0 saturated carbocycles. The number of benzene rings is 1. The van der Waals surface area contributed by atoms with Crippen LogP contribution in [0.5, 0.6) is 5.75 Å². The highest BCUT2D eigenvalue weighted by molar-refractivity contribution is 9.10. The van der Waals surface area contributed by atoms with Gasteiger partial charge in [0.05, 0.1) is 11.6 Å². The molecular formula is C14H20BrFN2O. The van der Waals surface area contributed by atoms with Gasteiger partial charge in [-0.2, -0.15) is 0 Å². The Kier molecular flexibility index (Phi) is 4.48. The third-order valence-corrected chi connectivity index (χ3v) is 4.89. The van der Waals surface area contributed by atoms with Gasteiger partial charge in [-0.3, -0.25) is 4.90 Å². The summed E-state index contributed by atoms with van der Waals surface area (Å²) >= 11 is 3.38. The van der Waals surface area contributed by atoms with Crippen molar-refractivity contribution in [2.24, 2.45) is 11.7 Å². The van der Waals surface area contributed by atoms with E-state index in [0.717, 1.165) is 18.5 Å². The lowest BCUT2D eigenvalue weighted by molar-refractivity contribution is 0.301. The molecule has 2 unspecified atom stereocenters. The topological polar surface area (TPSA) is 38.5 Å². The highest BCUT2D eigenvalue weighted by Gasteiger charge is 2.33. The van der Waals surface area contributed by atoms with Crippen LogP contribution >= 0.6 is 15.9 Å². The van der Waals surface area contributed by atoms with E-state index in [1.54, 1.807) is 0 Å². The molecule has 1 saturated heterocycles. The molecule has 1 fully saturated rings. The molecule has 1 aromatic carbocycles. The van der Waals surface area contributed by atoms with Gasteiger partial charge in [0.1, 0.15) is 0 Å². The molecule has 5 heteroatoms. The van der Waals surface area contributed by atoms with Gasteiger partial charge in [0.15, 0.2) is 11.6 Å². The molecule has 1 heterocycles. The molecule has 0 amide bonds. The first-order valence-electron chi connectivity index (χ1n) is 6.42. The van der Waals surface area contributed by atoms with Crippen molar-refractivity contribution in [2.45, 2.75) is 19.4 Å². The van der Waals surface area contributed by atoms with Crippen molar-refractivity contribution in [3.8, 4) is 5.75 Å². The first-order valence-corrected chi connectivity index (χ1v) is 7.21. The van der Waals surface area contributed by atoms with Gasteiger partial charge in [-0.05, 0) is 54.3 Å². The second kappa shape index (κ2) is 5.77. The molecule has 106 valence electrons. The van der Waals surface area contributed by atoms with E-state index in [1.807, 2.05) is 20.0 Å². The third kappa shape index (κ3) is 2.64. The van der Waals surface area contributed by atoms with Gasteiger partial charge < -0.3 is 10.5 Å². The monoisotopic (exact) mass is 330 g/mol. The zero-order valence-corrected chi connectivity index (χ0v) is 13.1. The lowest BCUT2D eigenvalue weighted by Crippen LogP contribution is -2.21.